The second kappa shape index (κ2) is 5.74. The summed E-state index contributed by atoms with van der Waals surface area (Å²) in [5.41, 5.74) is 0.864. The third-order valence-electron chi connectivity index (χ3n) is 4.28. The van der Waals surface area contributed by atoms with E-state index in [4.69, 9.17) is 9.47 Å². The van der Waals surface area contributed by atoms with Crippen molar-refractivity contribution in [3.05, 3.63) is 17.7 Å². The van der Waals surface area contributed by atoms with Crippen molar-refractivity contribution in [3.63, 3.8) is 0 Å². The first-order valence-electron chi connectivity index (χ1n) is 7.10. The maximum absolute atomic E-state index is 10.0. The molecule has 20 heavy (non-hydrogen) atoms. The Morgan fingerprint density at radius 3 is 2.65 bits per heavy atom. The molecule has 1 heterocycles. The molecule has 110 valence electrons. The van der Waals surface area contributed by atoms with Gasteiger partial charge in [-0.15, -0.1) is 0 Å². The van der Waals surface area contributed by atoms with Crippen molar-refractivity contribution in [2.75, 3.05) is 19.6 Å². The fourth-order valence-electron chi connectivity index (χ4n) is 3.01. The predicted octanol–water partition coefficient (Wildman–Crippen LogP) is 2.89. The summed E-state index contributed by atoms with van der Waals surface area (Å²) >= 11 is 1.97. The summed E-state index contributed by atoms with van der Waals surface area (Å²) in [5.74, 6) is 1.62. The zero-order valence-corrected chi connectivity index (χ0v) is 12.6. The van der Waals surface area contributed by atoms with E-state index in [0.717, 1.165) is 17.9 Å². The van der Waals surface area contributed by atoms with Crippen LogP contribution in [0.2, 0.25) is 0 Å². The van der Waals surface area contributed by atoms with Gasteiger partial charge in [0, 0.05) is 29.5 Å². The van der Waals surface area contributed by atoms with Crippen molar-refractivity contribution in [1.29, 1.82) is 0 Å². The first-order chi connectivity index (χ1) is 9.72. The summed E-state index contributed by atoms with van der Waals surface area (Å²) in [5, 5.41) is 13.5. The molecule has 0 aromatic heterocycles. The lowest BCUT2D eigenvalue weighted by Gasteiger charge is -2.27. The number of aromatic hydroxyl groups is 1. The number of fused-ring (bicyclic) bond motifs is 1. The summed E-state index contributed by atoms with van der Waals surface area (Å²) in [6, 6.07) is 3.50. The number of phenols is 1. The SMILES string of the molecule is CSC1(CNCc2cc3c(cc2O)OCO3)CCCC1. The first kappa shape index (κ1) is 13.9. The number of phenolic OH excluding ortho intramolecular Hbond substituents is 1. The van der Waals surface area contributed by atoms with Crippen molar-refractivity contribution in [3.8, 4) is 17.2 Å². The molecule has 1 aromatic carbocycles. The van der Waals surface area contributed by atoms with Crippen LogP contribution in [0.4, 0.5) is 0 Å². The molecule has 1 saturated carbocycles. The van der Waals surface area contributed by atoms with E-state index in [1.807, 2.05) is 17.8 Å². The van der Waals surface area contributed by atoms with Crippen LogP contribution in [0.1, 0.15) is 31.2 Å². The smallest absolute Gasteiger partial charge is 0.231 e. The van der Waals surface area contributed by atoms with Gasteiger partial charge in [0.2, 0.25) is 6.79 Å². The van der Waals surface area contributed by atoms with E-state index in [1.54, 1.807) is 6.07 Å². The Hall–Kier alpha value is -1.07. The molecular formula is C15H21NO3S. The molecule has 0 radical (unpaired) electrons. The minimum absolute atomic E-state index is 0.237. The van der Waals surface area contributed by atoms with Crippen molar-refractivity contribution in [2.24, 2.45) is 0 Å². The highest BCUT2D eigenvalue weighted by Gasteiger charge is 2.32. The molecule has 3 rings (SSSR count). The third kappa shape index (κ3) is 2.69. The van der Waals surface area contributed by atoms with Crippen LogP contribution in [0.15, 0.2) is 12.1 Å². The average Bonchev–Trinajstić information content (AvgIpc) is 3.08. The lowest BCUT2D eigenvalue weighted by Crippen LogP contribution is -2.34. The molecule has 0 amide bonds. The van der Waals surface area contributed by atoms with E-state index in [-0.39, 0.29) is 12.5 Å². The van der Waals surface area contributed by atoms with Gasteiger partial charge < -0.3 is 19.9 Å². The van der Waals surface area contributed by atoms with Gasteiger partial charge in [0.05, 0.1) is 0 Å². The highest BCUT2D eigenvalue weighted by Crippen LogP contribution is 2.40. The Labute approximate surface area is 123 Å². The molecule has 0 saturated heterocycles. The van der Waals surface area contributed by atoms with Crippen LogP contribution in [-0.4, -0.2) is 29.4 Å². The van der Waals surface area contributed by atoms with Crippen LogP contribution in [0, 0.1) is 0 Å². The first-order valence-corrected chi connectivity index (χ1v) is 8.32. The van der Waals surface area contributed by atoms with E-state index < -0.39 is 0 Å². The van der Waals surface area contributed by atoms with E-state index in [9.17, 15) is 5.11 Å². The highest BCUT2D eigenvalue weighted by molar-refractivity contribution is 8.00. The number of hydrogen-bond donors (Lipinski definition) is 2. The lowest BCUT2D eigenvalue weighted by atomic mass is 10.1. The van der Waals surface area contributed by atoms with Gasteiger partial charge in [0.25, 0.3) is 0 Å². The summed E-state index contributed by atoms with van der Waals surface area (Å²) in [4.78, 5) is 0. The van der Waals surface area contributed by atoms with Crippen molar-refractivity contribution in [2.45, 2.75) is 37.0 Å². The molecular weight excluding hydrogens is 274 g/mol. The Morgan fingerprint density at radius 2 is 1.95 bits per heavy atom. The quantitative estimate of drug-likeness (QED) is 0.875. The van der Waals surface area contributed by atoms with Gasteiger partial charge in [0.15, 0.2) is 11.5 Å². The summed E-state index contributed by atoms with van der Waals surface area (Å²) < 4.78 is 11.0. The second-order valence-corrected chi connectivity index (χ2v) is 6.81. The van der Waals surface area contributed by atoms with Crippen LogP contribution < -0.4 is 14.8 Å². The van der Waals surface area contributed by atoms with Gasteiger partial charge in [-0.05, 0) is 25.2 Å². The maximum atomic E-state index is 10.0. The summed E-state index contributed by atoms with van der Waals surface area (Å²) in [6.07, 6.45) is 7.43. The van der Waals surface area contributed by atoms with Crippen molar-refractivity contribution < 1.29 is 14.6 Å². The van der Waals surface area contributed by atoms with Gasteiger partial charge >= 0.3 is 0 Å². The molecule has 2 aliphatic rings. The average molecular weight is 295 g/mol. The lowest BCUT2D eigenvalue weighted by molar-refractivity contribution is 0.174. The molecule has 1 aliphatic carbocycles. The van der Waals surface area contributed by atoms with E-state index in [0.29, 0.717) is 17.0 Å². The van der Waals surface area contributed by atoms with Gasteiger partial charge in [-0.25, -0.2) is 0 Å². The molecule has 0 atom stereocenters. The Morgan fingerprint density at radius 1 is 1.25 bits per heavy atom. The fourth-order valence-corrected chi connectivity index (χ4v) is 3.96. The third-order valence-corrected chi connectivity index (χ3v) is 5.70. The molecule has 4 nitrogen and oxygen atoms in total. The van der Waals surface area contributed by atoms with Gasteiger partial charge in [0.1, 0.15) is 5.75 Å². The van der Waals surface area contributed by atoms with Crippen LogP contribution in [0.5, 0.6) is 17.2 Å². The standard InChI is InChI=1S/C15H21NO3S/c1-20-15(4-2-3-5-15)9-16-8-11-6-13-14(7-12(11)17)19-10-18-13/h6-7,16-17H,2-5,8-10H2,1H3. The second-order valence-electron chi connectivity index (χ2n) is 5.53. The fraction of sp³-hybridized carbons (Fsp3) is 0.600. The van der Waals surface area contributed by atoms with Gasteiger partial charge in [-0.3, -0.25) is 0 Å². The summed E-state index contributed by atoms with van der Waals surface area (Å²) in [6.45, 7) is 1.88. The normalized spacial score (nSPS) is 19.4. The minimum Gasteiger partial charge on any atom is -0.507 e. The Bertz CT molecular complexity index is 486. The van der Waals surface area contributed by atoms with Crippen LogP contribution in [0.3, 0.4) is 0 Å². The molecule has 0 spiro atoms. The van der Waals surface area contributed by atoms with E-state index >= 15 is 0 Å². The number of thioether (sulfide) groups is 1. The largest absolute Gasteiger partial charge is 0.507 e. The molecule has 0 bridgehead atoms. The Kier molecular flexibility index (Phi) is 3.98. The topological polar surface area (TPSA) is 50.7 Å². The van der Waals surface area contributed by atoms with E-state index in [2.05, 4.69) is 11.6 Å². The number of ether oxygens (including phenoxy) is 2. The number of benzene rings is 1. The highest BCUT2D eigenvalue weighted by atomic mass is 32.2. The number of rotatable bonds is 5. The maximum Gasteiger partial charge on any atom is 0.231 e. The molecule has 1 fully saturated rings. The van der Waals surface area contributed by atoms with Crippen LogP contribution >= 0.6 is 11.8 Å². The molecule has 2 N–H and O–H groups in total. The monoisotopic (exact) mass is 295 g/mol. The molecule has 0 unspecified atom stereocenters. The van der Waals surface area contributed by atoms with Crippen LogP contribution in [-0.2, 0) is 6.54 Å². The minimum atomic E-state index is 0.237. The predicted molar refractivity (Wildman–Crippen MR) is 80.7 cm³/mol. The van der Waals surface area contributed by atoms with Crippen molar-refractivity contribution in [1.82, 2.24) is 5.32 Å². The molecule has 5 heteroatoms. The molecule has 1 aromatic rings. The number of nitrogens with one attached hydrogen (secondary N) is 1. The molecule has 1 aliphatic heterocycles. The van der Waals surface area contributed by atoms with Crippen molar-refractivity contribution >= 4 is 11.8 Å². The van der Waals surface area contributed by atoms with Crippen LogP contribution in [0.25, 0.3) is 0 Å². The Balaban J connectivity index is 1.61. The van der Waals surface area contributed by atoms with Gasteiger partial charge in [-0.1, -0.05) is 12.8 Å². The van der Waals surface area contributed by atoms with Gasteiger partial charge in [-0.2, -0.15) is 11.8 Å². The van der Waals surface area contributed by atoms with E-state index in [1.165, 1.54) is 25.7 Å². The number of hydrogen-bond acceptors (Lipinski definition) is 5. The summed E-state index contributed by atoms with van der Waals surface area (Å²) in [7, 11) is 0. The zero-order valence-electron chi connectivity index (χ0n) is 11.8. The zero-order chi connectivity index (χ0) is 14.0.